The van der Waals surface area contributed by atoms with Gasteiger partial charge in [-0.2, -0.15) is 0 Å². The predicted molar refractivity (Wildman–Crippen MR) is 204 cm³/mol. The normalized spacial score (nSPS) is 18.0. The number of rotatable bonds is 20. The highest BCUT2D eigenvalue weighted by Crippen LogP contribution is 2.28. The lowest BCUT2D eigenvalue weighted by Gasteiger charge is -2.38. The summed E-state index contributed by atoms with van der Waals surface area (Å²) < 4.78 is 0. The Morgan fingerprint density at radius 2 is 1.49 bits per heavy atom. The molecule has 1 aliphatic carbocycles. The molecule has 0 aromatic heterocycles. The van der Waals surface area contributed by atoms with Crippen molar-refractivity contribution in [3.05, 3.63) is 71.8 Å². The molecule has 2 aliphatic rings. The minimum Gasteiger partial charge on any atom is -0.480 e. The number of piperidine rings is 1. The number of hydrogen-bond donors (Lipinski definition) is 7. The zero-order valence-corrected chi connectivity index (χ0v) is 31.1. The first-order chi connectivity index (χ1) is 25.5. The van der Waals surface area contributed by atoms with Gasteiger partial charge in [-0.3, -0.25) is 24.0 Å². The fourth-order valence-electron chi connectivity index (χ4n) is 7.30. The van der Waals surface area contributed by atoms with Gasteiger partial charge in [-0.25, -0.2) is 0 Å². The van der Waals surface area contributed by atoms with Gasteiger partial charge in [-0.05, 0) is 68.0 Å². The molecular formula is C40H59N7O6. The zero-order valence-electron chi connectivity index (χ0n) is 31.1. The summed E-state index contributed by atoms with van der Waals surface area (Å²) in [7, 11) is 0. The van der Waals surface area contributed by atoms with E-state index >= 15 is 0 Å². The fourth-order valence-corrected chi connectivity index (χ4v) is 7.30. The highest BCUT2D eigenvalue weighted by Gasteiger charge is 2.41. The molecule has 0 unspecified atom stereocenters. The van der Waals surface area contributed by atoms with Crippen LogP contribution in [-0.2, 0) is 30.4 Å². The third-order valence-corrected chi connectivity index (χ3v) is 10.7. The Morgan fingerprint density at radius 3 is 2.11 bits per heavy atom. The van der Waals surface area contributed by atoms with E-state index in [-0.39, 0.29) is 62.5 Å². The molecular weight excluding hydrogens is 674 g/mol. The number of unbranched alkanes of at least 4 members (excludes halogenated alkanes) is 2. The van der Waals surface area contributed by atoms with Gasteiger partial charge < -0.3 is 42.7 Å². The van der Waals surface area contributed by atoms with Crippen LogP contribution in [0.1, 0.15) is 88.2 Å². The molecule has 0 radical (unpaired) electrons. The van der Waals surface area contributed by atoms with Crippen molar-refractivity contribution in [1.29, 1.82) is 0 Å². The summed E-state index contributed by atoms with van der Waals surface area (Å²) in [5.41, 5.74) is 12.4. The Balaban J connectivity index is 1.46. The van der Waals surface area contributed by atoms with Crippen molar-refractivity contribution in [2.75, 3.05) is 32.7 Å². The number of carbonyl (C=O) groups is 5. The SMILES string of the molecule is C[C@@H](CNCC(=O)N[C@H](Cc1ccccc1)C(=O)N[C@@H](C(=O)N[C@H](CCCCCN)C(=O)N1CCC(N)(C(=O)O)CC1)C1CCCC1)c1ccccc1. The van der Waals surface area contributed by atoms with Gasteiger partial charge in [0, 0.05) is 26.1 Å². The largest absolute Gasteiger partial charge is 0.480 e. The average molecular weight is 734 g/mol. The molecule has 4 rings (SSSR count). The first-order valence-electron chi connectivity index (χ1n) is 19.2. The van der Waals surface area contributed by atoms with Crippen molar-refractivity contribution in [2.45, 2.75) is 107 Å². The Kier molecular flexibility index (Phi) is 16.2. The number of carbonyl (C=O) groups excluding carboxylic acids is 4. The molecule has 13 nitrogen and oxygen atoms in total. The van der Waals surface area contributed by atoms with Gasteiger partial charge in [-0.1, -0.05) is 93.3 Å². The number of nitrogens with one attached hydrogen (secondary N) is 4. The van der Waals surface area contributed by atoms with Crippen LogP contribution in [-0.4, -0.2) is 96.0 Å². The van der Waals surface area contributed by atoms with Crippen molar-refractivity contribution in [1.82, 2.24) is 26.2 Å². The first-order valence-corrected chi connectivity index (χ1v) is 19.2. The van der Waals surface area contributed by atoms with Crippen LogP contribution < -0.4 is 32.7 Å². The van der Waals surface area contributed by atoms with E-state index in [1.165, 1.54) is 0 Å². The van der Waals surface area contributed by atoms with Gasteiger partial charge in [0.15, 0.2) is 0 Å². The van der Waals surface area contributed by atoms with Crippen LogP contribution in [0.3, 0.4) is 0 Å². The third kappa shape index (κ3) is 12.6. The standard InChI is InChI=1S/C40H59N7O6/c1-28(30-15-7-3-8-16-30)26-43-27-34(48)44-33(25-29-13-5-2-6-14-29)36(49)46-35(31-17-10-11-18-31)37(50)45-32(19-9-4-12-22-41)38(51)47-23-20-40(42,21-24-47)39(52)53/h2-3,5-8,13-16,28,31-33,35,43H,4,9-12,17-27,41-42H2,1H3,(H,44,48)(H,45,50)(H,46,49)(H,52,53)/t28-,32+,33+,35+/m0/s1. The van der Waals surface area contributed by atoms with Crippen molar-refractivity contribution in [3.8, 4) is 0 Å². The molecule has 2 aromatic carbocycles. The van der Waals surface area contributed by atoms with Crippen LogP contribution in [0.25, 0.3) is 0 Å². The predicted octanol–water partition coefficient (Wildman–Crippen LogP) is 2.19. The van der Waals surface area contributed by atoms with Gasteiger partial charge >= 0.3 is 5.97 Å². The lowest BCUT2D eigenvalue weighted by Crippen LogP contribution is -2.61. The van der Waals surface area contributed by atoms with Gasteiger partial charge in [0.05, 0.1) is 6.54 Å². The second kappa shape index (κ2) is 20.8. The molecule has 0 bridgehead atoms. The van der Waals surface area contributed by atoms with Crippen molar-refractivity contribution >= 4 is 29.6 Å². The summed E-state index contributed by atoms with van der Waals surface area (Å²) in [6.07, 6.45) is 6.37. The summed E-state index contributed by atoms with van der Waals surface area (Å²) >= 11 is 0. The quantitative estimate of drug-likeness (QED) is 0.0994. The average Bonchev–Trinajstić information content (AvgIpc) is 3.70. The van der Waals surface area contributed by atoms with Gasteiger partial charge in [0.2, 0.25) is 23.6 Å². The van der Waals surface area contributed by atoms with E-state index < -0.39 is 41.4 Å². The van der Waals surface area contributed by atoms with Crippen LogP contribution in [0.5, 0.6) is 0 Å². The van der Waals surface area contributed by atoms with Crippen molar-refractivity contribution < 1.29 is 29.1 Å². The summed E-state index contributed by atoms with van der Waals surface area (Å²) in [6.45, 7) is 3.53. The molecule has 4 amide bonds. The maximum atomic E-state index is 14.2. The van der Waals surface area contributed by atoms with E-state index in [4.69, 9.17) is 11.5 Å². The Labute approximate surface area is 313 Å². The van der Waals surface area contributed by atoms with E-state index in [1.54, 1.807) is 4.90 Å². The maximum Gasteiger partial charge on any atom is 0.323 e. The highest BCUT2D eigenvalue weighted by molar-refractivity contribution is 5.95. The number of carboxylic acids is 1. The molecule has 13 heteroatoms. The molecule has 2 fully saturated rings. The van der Waals surface area contributed by atoms with Crippen LogP contribution in [0.2, 0.25) is 0 Å². The second-order valence-electron chi connectivity index (χ2n) is 14.8. The molecule has 2 aromatic rings. The summed E-state index contributed by atoms with van der Waals surface area (Å²) in [6, 6.07) is 16.7. The van der Waals surface area contributed by atoms with Crippen LogP contribution >= 0.6 is 0 Å². The van der Waals surface area contributed by atoms with Gasteiger partial charge in [-0.15, -0.1) is 0 Å². The Bertz CT molecular complexity index is 1480. The zero-order chi connectivity index (χ0) is 38.2. The van der Waals surface area contributed by atoms with Crippen molar-refractivity contribution in [3.63, 3.8) is 0 Å². The number of hydrogen-bond acceptors (Lipinski definition) is 8. The summed E-state index contributed by atoms with van der Waals surface area (Å²) in [5, 5.41) is 21.6. The fraction of sp³-hybridized carbons (Fsp3) is 0.575. The topological polar surface area (TPSA) is 209 Å². The first kappa shape index (κ1) is 41.4. The molecule has 1 saturated carbocycles. The van der Waals surface area contributed by atoms with Gasteiger partial charge in [0.1, 0.15) is 23.7 Å². The number of carboxylic acid groups (broad SMARTS) is 1. The minimum atomic E-state index is -1.39. The van der Waals surface area contributed by atoms with E-state index in [0.29, 0.717) is 25.9 Å². The maximum absolute atomic E-state index is 14.2. The molecule has 1 heterocycles. The Hall–Kier alpha value is -4.33. The number of nitrogens with zero attached hydrogens (tertiary/aromatic N) is 1. The highest BCUT2D eigenvalue weighted by atomic mass is 16.4. The molecule has 53 heavy (non-hydrogen) atoms. The number of aliphatic carboxylic acids is 1. The molecule has 290 valence electrons. The molecule has 1 saturated heterocycles. The Morgan fingerprint density at radius 1 is 0.849 bits per heavy atom. The van der Waals surface area contributed by atoms with E-state index in [9.17, 15) is 29.1 Å². The van der Waals surface area contributed by atoms with Crippen LogP contribution in [0.4, 0.5) is 0 Å². The minimum absolute atomic E-state index is 0.0183. The van der Waals surface area contributed by atoms with E-state index in [1.807, 2.05) is 60.7 Å². The van der Waals surface area contributed by atoms with Crippen LogP contribution in [0.15, 0.2) is 60.7 Å². The van der Waals surface area contributed by atoms with Gasteiger partial charge in [0.25, 0.3) is 0 Å². The van der Waals surface area contributed by atoms with Crippen molar-refractivity contribution in [2.24, 2.45) is 17.4 Å². The van der Waals surface area contributed by atoms with E-state index in [0.717, 1.165) is 49.7 Å². The number of benzene rings is 2. The third-order valence-electron chi connectivity index (χ3n) is 10.7. The van der Waals surface area contributed by atoms with E-state index in [2.05, 4.69) is 28.2 Å². The summed E-state index contributed by atoms with van der Waals surface area (Å²) in [5.74, 6) is -2.59. The summed E-state index contributed by atoms with van der Waals surface area (Å²) in [4.78, 5) is 68.6. The number of nitrogens with two attached hydrogens (primary N) is 2. The lowest BCUT2D eigenvalue weighted by molar-refractivity contribution is -0.148. The van der Waals surface area contributed by atoms with Crippen LogP contribution in [0, 0.1) is 5.92 Å². The molecule has 9 N–H and O–H groups in total. The molecule has 1 aliphatic heterocycles. The number of amides is 4. The second-order valence-corrected chi connectivity index (χ2v) is 14.8. The monoisotopic (exact) mass is 733 g/mol. The molecule has 4 atom stereocenters. The molecule has 0 spiro atoms. The number of likely N-dealkylation sites (tertiary alicyclic amines) is 1. The lowest BCUT2D eigenvalue weighted by atomic mass is 9.88. The smallest absolute Gasteiger partial charge is 0.323 e.